The minimum absolute atomic E-state index is 0.243. The summed E-state index contributed by atoms with van der Waals surface area (Å²) in [6.45, 7) is 0.958. The van der Waals surface area contributed by atoms with Crippen LogP contribution in [0.25, 0.3) is 11.4 Å². The van der Waals surface area contributed by atoms with Crippen LogP contribution < -0.4 is 4.74 Å². The molecular weight excluding hydrogens is 477 g/mol. The van der Waals surface area contributed by atoms with Crippen LogP contribution in [0.3, 0.4) is 0 Å². The Hall–Kier alpha value is -3.83. The second-order valence-corrected chi connectivity index (χ2v) is 8.26. The molecule has 0 N–H and O–H groups in total. The Morgan fingerprint density at radius 2 is 1.83 bits per heavy atom. The molecule has 0 spiro atoms. The van der Waals surface area contributed by atoms with Crippen LogP contribution in [0.5, 0.6) is 5.75 Å². The maximum Gasteiger partial charge on any atom is 0.256 e. The number of hydrogen-bond donors (Lipinski definition) is 0. The zero-order valence-corrected chi connectivity index (χ0v) is 19.5. The van der Waals surface area contributed by atoms with E-state index in [1.165, 1.54) is 35.2 Å². The lowest BCUT2D eigenvalue weighted by molar-refractivity contribution is -0.00187. The van der Waals surface area contributed by atoms with E-state index in [2.05, 4.69) is 20.4 Å². The number of halogens is 2. The summed E-state index contributed by atoms with van der Waals surface area (Å²) in [5.74, 6) is -0.319. The van der Waals surface area contributed by atoms with Gasteiger partial charge in [0.15, 0.2) is 0 Å². The van der Waals surface area contributed by atoms with Crippen LogP contribution in [-0.4, -0.2) is 73.7 Å². The third-order valence-corrected chi connectivity index (χ3v) is 6.05. The fourth-order valence-electron chi connectivity index (χ4n) is 4.07. The van der Waals surface area contributed by atoms with Crippen LogP contribution in [0, 0.1) is 5.82 Å². The molecule has 0 radical (unpaired) electrons. The first-order chi connectivity index (χ1) is 17.0. The number of morpholine rings is 1. The lowest BCUT2D eigenvalue weighted by Gasteiger charge is -2.36. The van der Waals surface area contributed by atoms with E-state index in [4.69, 9.17) is 21.1 Å². The summed E-state index contributed by atoms with van der Waals surface area (Å²) in [6.07, 6.45) is 6.35. The van der Waals surface area contributed by atoms with Crippen molar-refractivity contribution in [2.75, 3.05) is 26.9 Å². The predicted molar refractivity (Wildman–Crippen MR) is 124 cm³/mol. The normalized spacial score (nSPS) is 15.9. The van der Waals surface area contributed by atoms with E-state index in [-0.39, 0.29) is 24.8 Å². The Balaban J connectivity index is 1.48. The van der Waals surface area contributed by atoms with Gasteiger partial charge in [0.1, 0.15) is 17.3 Å². The molecule has 35 heavy (non-hydrogen) atoms. The second-order valence-electron chi connectivity index (χ2n) is 7.85. The molecule has 3 heterocycles. The quantitative estimate of drug-likeness (QED) is 0.404. The van der Waals surface area contributed by atoms with Gasteiger partial charge >= 0.3 is 0 Å². The molecule has 1 fully saturated rings. The Kier molecular flexibility index (Phi) is 6.43. The van der Waals surface area contributed by atoms with Gasteiger partial charge in [-0.25, -0.2) is 4.39 Å². The van der Waals surface area contributed by atoms with E-state index in [1.54, 1.807) is 41.6 Å². The molecule has 0 saturated carbocycles. The Morgan fingerprint density at radius 3 is 2.54 bits per heavy atom. The Labute approximate surface area is 204 Å². The molecule has 1 saturated heterocycles. The number of methoxy groups -OCH3 is 1. The van der Waals surface area contributed by atoms with Gasteiger partial charge in [-0.2, -0.15) is 30.0 Å². The molecule has 2 aromatic carbocycles. The standard InChI is InChI=1S/C23H21ClFN7O3/c1-34-22-12-18(21(13-19(22)24)32-28-6-7-29-32)23(33)30-8-9-35-14-17(30)11-15-10-16(2-3-20(15)25)31-26-4-5-27-31/h2-7,10,12-13,17H,8-9,11,14H2,1H3. The molecule has 2 aromatic heterocycles. The van der Waals surface area contributed by atoms with Gasteiger partial charge in [-0.1, -0.05) is 11.6 Å². The van der Waals surface area contributed by atoms with Crippen LogP contribution in [0.2, 0.25) is 5.02 Å². The number of hydrogen-bond acceptors (Lipinski definition) is 7. The van der Waals surface area contributed by atoms with E-state index < -0.39 is 6.04 Å². The first kappa shape index (κ1) is 22.9. The summed E-state index contributed by atoms with van der Waals surface area (Å²) in [5, 5.41) is 16.8. The highest BCUT2D eigenvalue weighted by atomic mass is 35.5. The topological polar surface area (TPSA) is 100 Å². The average molecular weight is 498 g/mol. The molecule has 10 nitrogen and oxygen atoms in total. The Bertz CT molecular complexity index is 1330. The first-order valence-electron chi connectivity index (χ1n) is 10.8. The van der Waals surface area contributed by atoms with Crippen molar-refractivity contribution in [3.63, 3.8) is 0 Å². The molecule has 4 aromatic rings. The van der Waals surface area contributed by atoms with Gasteiger partial charge in [-0.05, 0) is 42.3 Å². The third kappa shape index (κ3) is 4.60. The number of amides is 1. The van der Waals surface area contributed by atoms with Gasteiger partial charge in [0.05, 0.1) is 67.4 Å². The summed E-state index contributed by atoms with van der Waals surface area (Å²) in [5.41, 5.74) is 1.77. The van der Waals surface area contributed by atoms with Crippen molar-refractivity contribution < 1.29 is 18.7 Å². The van der Waals surface area contributed by atoms with Gasteiger partial charge < -0.3 is 14.4 Å². The first-order valence-corrected chi connectivity index (χ1v) is 11.2. The summed E-state index contributed by atoms with van der Waals surface area (Å²) >= 11 is 6.33. The number of ether oxygens (including phenoxy) is 2. The molecule has 0 aliphatic carbocycles. The zero-order valence-electron chi connectivity index (χ0n) is 18.7. The highest BCUT2D eigenvalue weighted by Crippen LogP contribution is 2.31. The maximum atomic E-state index is 14.8. The molecule has 0 bridgehead atoms. The van der Waals surface area contributed by atoms with Crippen molar-refractivity contribution >= 4 is 17.5 Å². The van der Waals surface area contributed by atoms with Crippen molar-refractivity contribution in [2.45, 2.75) is 12.5 Å². The summed E-state index contributed by atoms with van der Waals surface area (Å²) in [6, 6.07) is 7.39. The van der Waals surface area contributed by atoms with E-state index >= 15 is 0 Å². The van der Waals surface area contributed by atoms with E-state index in [0.29, 0.717) is 46.4 Å². The van der Waals surface area contributed by atoms with Gasteiger partial charge in [0.25, 0.3) is 5.91 Å². The number of carbonyl (C=O) groups excluding carboxylic acids is 1. The van der Waals surface area contributed by atoms with Gasteiger partial charge in [0.2, 0.25) is 0 Å². The summed E-state index contributed by atoms with van der Waals surface area (Å²) < 4.78 is 25.8. The smallest absolute Gasteiger partial charge is 0.256 e. The van der Waals surface area contributed by atoms with Crippen molar-refractivity contribution in [1.82, 2.24) is 34.9 Å². The average Bonchev–Trinajstić information content (AvgIpc) is 3.60. The van der Waals surface area contributed by atoms with Crippen LogP contribution >= 0.6 is 11.6 Å². The largest absolute Gasteiger partial charge is 0.495 e. The van der Waals surface area contributed by atoms with E-state index in [9.17, 15) is 9.18 Å². The van der Waals surface area contributed by atoms with Crippen molar-refractivity contribution in [3.8, 4) is 17.1 Å². The van der Waals surface area contributed by atoms with E-state index in [1.807, 2.05) is 0 Å². The van der Waals surface area contributed by atoms with Gasteiger partial charge in [-0.3, -0.25) is 4.79 Å². The number of nitrogens with zero attached hydrogens (tertiary/aromatic N) is 7. The molecule has 180 valence electrons. The molecular formula is C23H21ClFN7O3. The lowest BCUT2D eigenvalue weighted by Crippen LogP contribution is -2.50. The zero-order chi connectivity index (χ0) is 24.4. The fraction of sp³-hybridized carbons (Fsp3) is 0.261. The summed E-state index contributed by atoms with van der Waals surface area (Å²) in [4.78, 5) is 18.2. The fourth-order valence-corrected chi connectivity index (χ4v) is 4.30. The van der Waals surface area contributed by atoms with Gasteiger partial charge in [0, 0.05) is 6.54 Å². The molecule has 1 aliphatic heterocycles. The predicted octanol–water partition coefficient (Wildman–Crippen LogP) is 2.73. The summed E-state index contributed by atoms with van der Waals surface area (Å²) in [7, 11) is 1.48. The van der Waals surface area contributed by atoms with Gasteiger partial charge in [-0.15, -0.1) is 0 Å². The van der Waals surface area contributed by atoms with Crippen molar-refractivity contribution in [2.24, 2.45) is 0 Å². The van der Waals surface area contributed by atoms with Crippen LogP contribution in [0.1, 0.15) is 15.9 Å². The molecule has 1 atom stereocenters. The van der Waals surface area contributed by atoms with Crippen molar-refractivity contribution in [1.29, 1.82) is 0 Å². The highest BCUT2D eigenvalue weighted by Gasteiger charge is 2.31. The molecule has 1 amide bonds. The lowest BCUT2D eigenvalue weighted by atomic mass is 10.0. The molecule has 1 aliphatic rings. The molecule has 1 unspecified atom stereocenters. The minimum atomic E-state index is -0.410. The molecule has 5 rings (SSSR count). The maximum absolute atomic E-state index is 14.8. The Morgan fingerprint density at radius 1 is 1.11 bits per heavy atom. The van der Waals surface area contributed by atoms with Crippen LogP contribution in [0.4, 0.5) is 4.39 Å². The number of carbonyl (C=O) groups is 1. The monoisotopic (exact) mass is 497 g/mol. The van der Waals surface area contributed by atoms with Crippen LogP contribution in [0.15, 0.2) is 55.1 Å². The van der Waals surface area contributed by atoms with E-state index in [0.717, 1.165) is 0 Å². The van der Waals surface area contributed by atoms with Crippen LogP contribution in [-0.2, 0) is 11.2 Å². The number of rotatable bonds is 6. The SMILES string of the molecule is COc1cc(C(=O)N2CCOCC2Cc2cc(-n3nccn3)ccc2F)c(-n2nccn2)cc1Cl. The molecule has 12 heteroatoms. The second kappa shape index (κ2) is 9.80. The minimum Gasteiger partial charge on any atom is -0.495 e. The number of benzene rings is 2. The van der Waals surface area contributed by atoms with Crippen molar-refractivity contribution in [3.05, 3.63) is 77.1 Å². The third-order valence-electron chi connectivity index (χ3n) is 5.76. The highest BCUT2D eigenvalue weighted by molar-refractivity contribution is 6.32. The number of aromatic nitrogens is 6.